The van der Waals surface area contributed by atoms with Gasteiger partial charge < -0.3 is 4.74 Å². The molecule has 0 aliphatic carbocycles. The van der Waals surface area contributed by atoms with Crippen LogP contribution in [-0.2, 0) is 24.8 Å². The molecule has 0 N–H and O–H groups in total. The first-order chi connectivity index (χ1) is 8.66. The van der Waals surface area contributed by atoms with Gasteiger partial charge in [-0.05, 0) is 24.3 Å². The topological polar surface area (TPSA) is 52.6 Å². The van der Waals surface area contributed by atoms with Crippen LogP contribution in [0.2, 0.25) is 0 Å². The lowest BCUT2D eigenvalue weighted by atomic mass is 10.0. The van der Waals surface area contributed by atoms with E-state index < -0.39 is 10.1 Å². The molecule has 1 fully saturated rings. The fourth-order valence-electron chi connectivity index (χ4n) is 1.93. The summed E-state index contributed by atoms with van der Waals surface area (Å²) in [5, 5.41) is 0. The average molecular weight is 270 g/mol. The molecule has 5 heteroatoms. The summed E-state index contributed by atoms with van der Waals surface area (Å²) in [6.07, 6.45) is 1.75. The minimum Gasteiger partial charge on any atom is -0.381 e. The molecule has 2 rings (SSSR count). The van der Waals surface area contributed by atoms with E-state index in [1.165, 1.54) is 0 Å². The third-order valence-electron chi connectivity index (χ3n) is 3.01. The van der Waals surface area contributed by atoms with Crippen molar-refractivity contribution in [1.82, 2.24) is 0 Å². The molecule has 0 atom stereocenters. The molecule has 0 radical (unpaired) electrons. The van der Waals surface area contributed by atoms with E-state index in [9.17, 15) is 8.42 Å². The van der Waals surface area contributed by atoms with Crippen LogP contribution >= 0.6 is 0 Å². The van der Waals surface area contributed by atoms with E-state index in [0.717, 1.165) is 18.4 Å². The summed E-state index contributed by atoms with van der Waals surface area (Å²) in [4.78, 5) is 0. The zero-order valence-corrected chi connectivity index (χ0v) is 11.1. The van der Waals surface area contributed by atoms with Gasteiger partial charge in [0.05, 0.1) is 6.61 Å². The first-order valence-electron chi connectivity index (χ1n) is 6.14. The molecule has 1 aliphatic rings. The van der Waals surface area contributed by atoms with E-state index in [-0.39, 0.29) is 12.4 Å². The van der Waals surface area contributed by atoms with Crippen molar-refractivity contribution in [2.24, 2.45) is 5.92 Å². The second-order valence-electron chi connectivity index (χ2n) is 4.53. The van der Waals surface area contributed by atoms with Crippen molar-refractivity contribution in [3.05, 3.63) is 35.9 Å². The van der Waals surface area contributed by atoms with Crippen molar-refractivity contribution in [2.45, 2.75) is 18.6 Å². The largest absolute Gasteiger partial charge is 0.381 e. The van der Waals surface area contributed by atoms with Gasteiger partial charge in [-0.1, -0.05) is 30.3 Å². The molecule has 0 unspecified atom stereocenters. The van der Waals surface area contributed by atoms with Crippen molar-refractivity contribution >= 4 is 10.1 Å². The van der Waals surface area contributed by atoms with E-state index in [1.807, 2.05) is 18.2 Å². The highest BCUT2D eigenvalue weighted by molar-refractivity contribution is 7.85. The smallest absolute Gasteiger partial charge is 0.271 e. The minimum atomic E-state index is -3.47. The fraction of sp³-hybridized carbons (Fsp3) is 0.538. The Labute approximate surface area is 108 Å². The Hall–Kier alpha value is -0.910. The van der Waals surface area contributed by atoms with E-state index in [1.54, 1.807) is 12.1 Å². The third-order valence-corrected chi connectivity index (χ3v) is 4.19. The standard InChI is InChI=1S/C13H18O4S/c14-18(15,11-13-4-2-1-3-5-13)17-10-12-6-8-16-9-7-12/h1-5,12H,6-11H2. The molecule has 0 aromatic heterocycles. The van der Waals surface area contributed by atoms with Gasteiger partial charge in [0.1, 0.15) is 5.75 Å². The molecule has 1 aliphatic heterocycles. The van der Waals surface area contributed by atoms with Crippen LogP contribution in [-0.4, -0.2) is 28.2 Å². The Balaban J connectivity index is 1.83. The molecular formula is C13H18O4S. The van der Waals surface area contributed by atoms with E-state index in [0.29, 0.717) is 19.1 Å². The first kappa shape index (κ1) is 13.5. The maximum Gasteiger partial charge on any atom is 0.271 e. The Morgan fingerprint density at radius 2 is 1.83 bits per heavy atom. The summed E-state index contributed by atoms with van der Waals surface area (Å²) in [7, 11) is -3.47. The lowest BCUT2D eigenvalue weighted by molar-refractivity contribution is 0.0507. The Kier molecular flexibility index (Phi) is 4.74. The summed E-state index contributed by atoms with van der Waals surface area (Å²) < 4.78 is 33.9. The lowest BCUT2D eigenvalue weighted by Gasteiger charge is -2.21. The SMILES string of the molecule is O=S(=O)(Cc1ccccc1)OCC1CCOCC1. The van der Waals surface area contributed by atoms with Crippen LogP contribution in [0, 0.1) is 5.92 Å². The predicted octanol–water partition coefficient (Wildman–Crippen LogP) is 1.96. The maximum atomic E-state index is 11.8. The van der Waals surface area contributed by atoms with E-state index in [4.69, 9.17) is 8.92 Å². The van der Waals surface area contributed by atoms with Gasteiger partial charge in [0.2, 0.25) is 0 Å². The second kappa shape index (κ2) is 6.31. The molecule has 0 saturated carbocycles. The molecular weight excluding hydrogens is 252 g/mol. The predicted molar refractivity (Wildman–Crippen MR) is 68.6 cm³/mol. The Bertz CT molecular complexity index is 449. The van der Waals surface area contributed by atoms with Gasteiger partial charge in [-0.2, -0.15) is 8.42 Å². The Morgan fingerprint density at radius 1 is 1.17 bits per heavy atom. The summed E-state index contributed by atoms with van der Waals surface area (Å²) in [5.41, 5.74) is 0.754. The van der Waals surface area contributed by atoms with Gasteiger partial charge in [-0.3, -0.25) is 4.18 Å². The van der Waals surface area contributed by atoms with Crippen LogP contribution in [0.5, 0.6) is 0 Å². The number of rotatable bonds is 5. The van der Waals surface area contributed by atoms with Crippen LogP contribution in [0.4, 0.5) is 0 Å². The first-order valence-corrected chi connectivity index (χ1v) is 7.72. The monoisotopic (exact) mass is 270 g/mol. The normalized spacial score (nSPS) is 17.8. The van der Waals surface area contributed by atoms with Crippen molar-refractivity contribution in [3.63, 3.8) is 0 Å². The molecule has 1 saturated heterocycles. The van der Waals surface area contributed by atoms with Crippen LogP contribution in [0.3, 0.4) is 0 Å². The number of hydrogen-bond donors (Lipinski definition) is 0. The summed E-state index contributed by atoms with van der Waals surface area (Å²) in [6.45, 7) is 1.68. The van der Waals surface area contributed by atoms with Crippen LogP contribution in [0.1, 0.15) is 18.4 Å². The van der Waals surface area contributed by atoms with Crippen LogP contribution in [0.15, 0.2) is 30.3 Å². The van der Waals surface area contributed by atoms with Crippen molar-refractivity contribution in [3.8, 4) is 0 Å². The molecule has 1 aromatic carbocycles. The molecule has 1 heterocycles. The molecule has 0 bridgehead atoms. The van der Waals surface area contributed by atoms with Gasteiger partial charge in [0.25, 0.3) is 10.1 Å². The summed E-state index contributed by atoms with van der Waals surface area (Å²) in [6, 6.07) is 9.08. The highest BCUT2D eigenvalue weighted by Crippen LogP contribution is 2.17. The number of ether oxygens (including phenoxy) is 1. The molecule has 18 heavy (non-hydrogen) atoms. The summed E-state index contributed by atoms with van der Waals surface area (Å²) >= 11 is 0. The quantitative estimate of drug-likeness (QED) is 0.767. The third kappa shape index (κ3) is 4.40. The van der Waals surface area contributed by atoms with Gasteiger partial charge in [-0.25, -0.2) is 0 Å². The van der Waals surface area contributed by atoms with Gasteiger partial charge in [0.15, 0.2) is 0 Å². The minimum absolute atomic E-state index is 0.0585. The van der Waals surface area contributed by atoms with Gasteiger partial charge >= 0.3 is 0 Å². The average Bonchev–Trinajstić information content (AvgIpc) is 2.38. The zero-order valence-electron chi connectivity index (χ0n) is 10.2. The van der Waals surface area contributed by atoms with Crippen molar-refractivity contribution < 1.29 is 17.3 Å². The van der Waals surface area contributed by atoms with Crippen molar-refractivity contribution in [1.29, 1.82) is 0 Å². The van der Waals surface area contributed by atoms with Crippen molar-refractivity contribution in [2.75, 3.05) is 19.8 Å². The Morgan fingerprint density at radius 3 is 2.50 bits per heavy atom. The van der Waals surface area contributed by atoms with Crippen LogP contribution in [0.25, 0.3) is 0 Å². The number of hydrogen-bond acceptors (Lipinski definition) is 4. The highest BCUT2D eigenvalue weighted by atomic mass is 32.2. The molecule has 1 aromatic rings. The molecule has 4 nitrogen and oxygen atoms in total. The molecule has 0 amide bonds. The van der Waals surface area contributed by atoms with Gasteiger partial charge in [-0.15, -0.1) is 0 Å². The van der Waals surface area contributed by atoms with Gasteiger partial charge in [0, 0.05) is 13.2 Å². The number of benzene rings is 1. The zero-order chi connectivity index (χ0) is 12.8. The van der Waals surface area contributed by atoms with E-state index in [2.05, 4.69) is 0 Å². The fourth-order valence-corrected chi connectivity index (χ4v) is 3.02. The lowest BCUT2D eigenvalue weighted by Crippen LogP contribution is -2.22. The molecule has 0 spiro atoms. The second-order valence-corrected chi connectivity index (χ2v) is 6.17. The maximum absolute atomic E-state index is 11.8. The highest BCUT2D eigenvalue weighted by Gasteiger charge is 2.19. The van der Waals surface area contributed by atoms with Crippen LogP contribution < -0.4 is 0 Å². The summed E-state index contributed by atoms with van der Waals surface area (Å²) in [5.74, 6) is 0.237. The molecule has 100 valence electrons. The van der Waals surface area contributed by atoms with E-state index >= 15 is 0 Å².